The highest BCUT2D eigenvalue weighted by Crippen LogP contribution is 2.33. The fraction of sp³-hybridized carbons (Fsp3) is 0.0526. The van der Waals surface area contributed by atoms with E-state index in [0.717, 1.165) is 27.9 Å². The van der Waals surface area contributed by atoms with Crippen molar-refractivity contribution in [2.45, 2.75) is 6.92 Å². The van der Waals surface area contributed by atoms with Gasteiger partial charge in [0.15, 0.2) is 5.65 Å². The molecular weight excluding hydrogens is 298 g/mol. The Bertz CT molecular complexity index is 1010. The SMILES string of the molecule is Cc1ccc(-c2cc3c(N)ncnc3nc2-c2ccccn2)cc1. The van der Waals surface area contributed by atoms with Crippen molar-refractivity contribution >= 4 is 16.9 Å². The first-order chi connectivity index (χ1) is 11.7. The monoisotopic (exact) mass is 313 g/mol. The quantitative estimate of drug-likeness (QED) is 0.611. The van der Waals surface area contributed by atoms with E-state index in [1.54, 1.807) is 6.20 Å². The van der Waals surface area contributed by atoms with Gasteiger partial charge in [0.1, 0.15) is 12.1 Å². The molecule has 24 heavy (non-hydrogen) atoms. The third-order valence-electron chi connectivity index (χ3n) is 3.93. The van der Waals surface area contributed by atoms with Gasteiger partial charge in [-0.05, 0) is 30.7 Å². The van der Waals surface area contributed by atoms with Crippen molar-refractivity contribution < 1.29 is 0 Å². The first-order valence-corrected chi connectivity index (χ1v) is 7.62. The molecule has 0 atom stereocenters. The molecule has 0 aliphatic rings. The van der Waals surface area contributed by atoms with E-state index in [1.807, 2.05) is 24.3 Å². The van der Waals surface area contributed by atoms with E-state index in [0.29, 0.717) is 11.5 Å². The van der Waals surface area contributed by atoms with Crippen molar-refractivity contribution in [2.24, 2.45) is 0 Å². The lowest BCUT2D eigenvalue weighted by Crippen LogP contribution is -1.99. The predicted molar refractivity (Wildman–Crippen MR) is 95.1 cm³/mol. The number of rotatable bonds is 2. The molecule has 0 saturated heterocycles. The first kappa shape index (κ1) is 14.3. The van der Waals surface area contributed by atoms with Crippen molar-refractivity contribution in [3.8, 4) is 22.5 Å². The Morgan fingerprint density at radius 2 is 1.75 bits per heavy atom. The van der Waals surface area contributed by atoms with Crippen LogP contribution in [-0.4, -0.2) is 19.9 Å². The fourth-order valence-corrected chi connectivity index (χ4v) is 2.66. The van der Waals surface area contributed by atoms with Gasteiger partial charge in [0.2, 0.25) is 0 Å². The Hall–Kier alpha value is -3.34. The van der Waals surface area contributed by atoms with Gasteiger partial charge in [0.05, 0.1) is 16.8 Å². The van der Waals surface area contributed by atoms with E-state index < -0.39 is 0 Å². The van der Waals surface area contributed by atoms with Crippen LogP contribution in [0, 0.1) is 6.92 Å². The van der Waals surface area contributed by atoms with Crippen LogP contribution in [0.1, 0.15) is 5.56 Å². The predicted octanol–water partition coefficient (Wildman–Crippen LogP) is 3.64. The highest BCUT2D eigenvalue weighted by molar-refractivity contribution is 5.93. The maximum absolute atomic E-state index is 6.01. The minimum absolute atomic E-state index is 0.424. The summed E-state index contributed by atoms with van der Waals surface area (Å²) < 4.78 is 0. The number of nitrogen functional groups attached to an aromatic ring is 1. The maximum atomic E-state index is 6.01. The molecule has 116 valence electrons. The van der Waals surface area contributed by atoms with E-state index in [2.05, 4.69) is 46.1 Å². The highest BCUT2D eigenvalue weighted by Gasteiger charge is 2.14. The summed E-state index contributed by atoms with van der Waals surface area (Å²) in [6, 6.07) is 16.1. The number of aromatic nitrogens is 4. The van der Waals surface area contributed by atoms with Crippen molar-refractivity contribution in [3.63, 3.8) is 0 Å². The molecule has 0 spiro atoms. The standard InChI is InChI=1S/C19H15N5/c1-12-5-7-13(8-6-12)14-10-15-18(20)22-11-23-19(15)24-17(14)16-4-2-3-9-21-16/h2-11H,1H3,(H2,20,22,23,24). The number of pyridine rings is 2. The van der Waals surface area contributed by atoms with Gasteiger partial charge < -0.3 is 5.73 Å². The van der Waals surface area contributed by atoms with Crippen molar-refractivity contribution in [1.29, 1.82) is 0 Å². The molecule has 2 N–H and O–H groups in total. The van der Waals surface area contributed by atoms with Crippen LogP contribution in [0.25, 0.3) is 33.5 Å². The number of anilines is 1. The normalized spacial score (nSPS) is 10.9. The summed E-state index contributed by atoms with van der Waals surface area (Å²) in [5.41, 5.74) is 11.4. The highest BCUT2D eigenvalue weighted by atomic mass is 15.0. The fourth-order valence-electron chi connectivity index (χ4n) is 2.66. The summed E-state index contributed by atoms with van der Waals surface area (Å²) >= 11 is 0. The smallest absolute Gasteiger partial charge is 0.165 e. The Labute approximate surface area is 139 Å². The van der Waals surface area contributed by atoms with Crippen LogP contribution in [0.2, 0.25) is 0 Å². The van der Waals surface area contributed by atoms with Gasteiger partial charge in [0.25, 0.3) is 0 Å². The maximum Gasteiger partial charge on any atom is 0.165 e. The second-order valence-corrected chi connectivity index (χ2v) is 5.60. The molecule has 0 fully saturated rings. The molecule has 3 heterocycles. The molecule has 0 unspecified atom stereocenters. The number of aryl methyl sites for hydroxylation is 1. The van der Waals surface area contributed by atoms with Gasteiger partial charge in [-0.15, -0.1) is 0 Å². The Kier molecular flexibility index (Phi) is 3.39. The van der Waals surface area contributed by atoms with Gasteiger partial charge in [0, 0.05) is 11.8 Å². The lowest BCUT2D eigenvalue weighted by atomic mass is 9.99. The number of nitrogens with zero attached hydrogens (tertiary/aromatic N) is 4. The van der Waals surface area contributed by atoms with Crippen molar-refractivity contribution in [3.05, 3.63) is 66.6 Å². The first-order valence-electron chi connectivity index (χ1n) is 7.62. The van der Waals surface area contributed by atoms with Crippen LogP contribution in [0.15, 0.2) is 61.1 Å². The van der Waals surface area contributed by atoms with Crippen LogP contribution in [0.4, 0.5) is 5.82 Å². The Morgan fingerprint density at radius 1 is 0.917 bits per heavy atom. The van der Waals surface area contributed by atoms with E-state index in [1.165, 1.54) is 11.9 Å². The lowest BCUT2D eigenvalue weighted by molar-refractivity contribution is 1.18. The summed E-state index contributed by atoms with van der Waals surface area (Å²) in [6.07, 6.45) is 3.19. The van der Waals surface area contributed by atoms with Crippen molar-refractivity contribution in [1.82, 2.24) is 19.9 Å². The van der Waals surface area contributed by atoms with Crippen LogP contribution >= 0.6 is 0 Å². The van der Waals surface area contributed by atoms with Crippen LogP contribution < -0.4 is 5.73 Å². The zero-order valence-electron chi connectivity index (χ0n) is 13.1. The lowest BCUT2D eigenvalue weighted by Gasteiger charge is -2.11. The van der Waals surface area contributed by atoms with Gasteiger partial charge >= 0.3 is 0 Å². The zero-order valence-corrected chi connectivity index (χ0v) is 13.1. The van der Waals surface area contributed by atoms with Gasteiger partial charge in [-0.25, -0.2) is 15.0 Å². The van der Waals surface area contributed by atoms with E-state index in [-0.39, 0.29) is 0 Å². The summed E-state index contributed by atoms with van der Waals surface area (Å²) in [5.74, 6) is 0.424. The summed E-state index contributed by atoms with van der Waals surface area (Å²) in [4.78, 5) is 17.5. The number of hydrogen-bond donors (Lipinski definition) is 1. The molecule has 0 amide bonds. The average molecular weight is 313 g/mol. The van der Waals surface area contributed by atoms with E-state index in [4.69, 9.17) is 10.7 Å². The molecule has 3 aromatic heterocycles. The average Bonchev–Trinajstić information content (AvgIpc) is 2.63. The van der Waals surface area contributed by atoms with E-state index in [9.17, 15) is 0 Å². The minimum atomic E-state index is 0.424. The summed E-state index contributed by atoms with van der Waals surface area (Å²) in [7, 11) is 0. The zero-order chi connectivity index (χ0) is 16.5. The van der Waals surface area contributed by atoms with Crippen LogP contribution in [-0.2, 0) is 0 Å². The second-order valence-electron chi connectivity index (χ2n) is 5.60. The van der Waals surface area contributed by atoms with Gasteiger partial charge in [-0.1, -0.05) is 35.9 Å². The molecule has 5 nitrogen and oxygen atoms in total. The van der Waals surface area contributed by atoms with Crippen molar-refractivity contribution in [2.75, 3.05) is 5.73 Å². The number of fused-ring (bicyclic) bond motifs is 1. The molecule has 0 aliphatic carbocycles. The molecular formula is C19H15N5. The third kappa shape index (κ3) is 2.46. The number of nitrogens with two attached hydrogens (primary N) is 1. The van der Waals surface area contributed by atoms with Gasteiger partial charge in [-0.2, -0.15) is 0 Å². The van der Waals surface area contributed by atoms with Gasteiger partial charge in [-0.3, -0.25) is 4.98 Å². The number of hydrogen-bond acceptors (Lipinski definition) is 5. The molecule has 0 saturated carbocycles. The molecule has 0 radical (unpaired) electrons. The topological polar surface area (TPSA) is 77.6 Å². The van der Waals surface area contributed by atoms with Crippen LogP contribution in [0.5, 0.6) is 0 Å². The third-order valence-corrected chi connectivity index (χ3v) is 3.93. The second kappa shape index (κ2) is 5.70. The Balaban J connectivity index is 2.05. The largest absolute Gasteiger partial charge is 0.383 e. The Morgan fingerprint density at radius 3 is 2.50 bits per heavy atom. The van der Waals surface area contributed by atoms with E-state index >= 15 is 0 Å². The summed E-state index contributed by atoms with van der Waals surface area (Å²) in [6.45, 7) is 2.06. The number of benzene rings is 1. The molecule has 4 aromatic rings. The van der Waals surface area contributed by atoms with Crippen LogP contribution in [0.3, 0.4) is 0 Å². The molecule has 1 aromatic carbocycles. The molecule has 5 heteroatoms. The molecule has 4 rings (SSSR count). The minimum Gasteiger partial charge on any atom is -0.383 e. The molecule has 0 bridgehead atoms. The molecule has 0 aliphatic heterocycles. The summed E-state index contributed by atoms with van der Waals surface area (Å²) in [5, 5.41) is 0.743.